The molecule has 0 fully saturated rings. The number of nitrogens with zero attached hydrogens (tertiary/aromatic N) is 1. The lowest BCUT2D eigenvalue weighted by Gasteiger charge is -2.16. The largest absolute Gasteiger partial charge is 0.481 e. The summed E-state index contributed by atoms with van der Waals surface area (Å²) in [4.78, 5) is 12.5. The third-order valence-corrected chi connectivity index (χ3v) is 2.48. The monoisotopic (exact) mass is 221 g/mol. The number of carboxylic acid groups (broad SMARTS) is 1. The van der Waals surface area contributed by atoms with Crippen molar-refractivity contribution in [2.45, 2.75) is 25.8 Å². The van der Waals surface area contributed by atoms with Crippen molar-refractivity contribution < 1.29 is 9.90 Å². The van der Waals surface area contributed by atoms with E-state index < -0.39 is 5.97 Å². The quantitative estimate of drug-likeness (QED) is 0.719. The maximum Gasteiger partial charge on any atom is 0.303 e. The molecule has 0 aliphatic heterocycles. The molecular formula is C13H19NO2. The molecule has 1 aromatic carbocycles. The smallest absolute Gasteiger partial charge is 0.303 e. The van der Waals surface area contributed by atoms with E-state index in [4.69, 9.17) is 5.11 Å². The molecule has 0 saturated heterocycles. The number of carboxylic acids is 1. The van der Waals surface area contributed by atoms with E-state index in [0.717, 1.165) is 25.9 Å². The number of carbonyl (C=O) groups is 1. The summed E-state index contributed by atoms with van der Waals surface area (Å²) < 4.78 is 0. The zero-order valence-corrected chi connectivity index (χ0v) is 9.72. The fourth-order valence-corrected chi connectivity index (χ4v) is 1.63. The van der Waals surface area contributed by atoms with Gasteiger partial charge in [0.05, 0.1) is 0 Å². The van der Waals surface area contributed by atoms with Crippen LogP contribution in [0.3, 0.4) is 0 Å². The topological polar surface area (TPSA) is 40.5 Å². The molecule has 0 amide bonds. The van der Waals surface area contributed by atoms with Crippen molar-refractivity contribution in [2.24, 2.45) is 0 Å². The van der Waals surface area contributed by atoms with Gasteiger partial charge in [0.15, 0.2) is 0 Å². The minimum Gasteiger partial charge on any atom is -0.481 e. The molecule has 0 atom stereocenters. The van der Waals surface area contributed by atoms with E-state index in [0.29, 0.717) is 0 Å². The van der Waals surface area contributed by atoms with Gasteiger partial charge in [0, 0.05) is 13.0 Å². The van der Waals surface area contributed by atoms with Gasteiger partial charge in [-0.15, -0.1) is 0 Å². The molecule has 16 heavy (non-hydrogen) atoms. The minimum atomic E-state index is -0.703. The molecular weight excluding hydrogens is 202 g/mol. The van der Waals surface area contributed by atoms with Gasteiger partial charge in [-0.3, -0.25) is 4.79 Å². The lowest BCUT2D eigenvalue weighted by molar-refractivity contribution is -0.137. The van der Waals surface area contributed by atoms with E-state index in [1.54, 1.807) is 0 Å². The molecule has 0 aliphatic carbocycles. The second-order valence-electron chi connectivity index (χ2n) is 4.07. The van der Waals surface area contributed by atoms with E-state index in [2.05, 4.69) is 24.1 Å². The van der Waals surface area contributed by atoms with Gasteiger partial charge in [-0.2, -0.15) is 0 Å². The summed E-state index contributed by atoms with van der Waals surface area (Å²) in [5.41, 5.74) is 1.29. The Kier molecular flexibility index (Phi) is 5.57. The average molecular weight is 221 g/mol. The van der Waals surface area contributed by atoms with Crippen molar-refractivity contribution in [1.29, 1.82) is 0 Å². The summed E-state index contributed by atoms with van der Waals surface area (Å²) >= 11 is 0. The number of rotatable bonds is 7. The van der Waals surface area contributed by atoms with E-state index >= 15 is 0 Å². The highest BCUT2D eigenvalue weighted by atomic mass is 16.4. The van der Waals surface area contributed by atoms with Crippen molar-refractivity contribution in [2.75, 3.05) is 13.6 Å². The van der Waals surface area contributed by atoms with E-state index in [1.165, 1.54) is 5.56 Å². The van der Waals surface area contributed by atoms with Gasteiger partial charge < -0.3 is 10.0 Å². The highest BCUT2D eigenvalue weighted by Gasteiger charge is 2.01. The van der Waals surface area contributed by atoms with Crippen LogP contribution in [0, 0.1) is 0 Å². The van der Waals surface area contributed by atoms with Crippen molar-refractivity contribution >= 4 is 5.97 Å². The summed E-state index contributed by atoms with van der Waals surface area (Å²) in [5, 5.41) is 8.50. The van der Waals surface area contributed by atoms with Crippen LogP contribution in [0.5, 0.6) is 0 Å². The van der Waals surface area contributed by atoms with Crippen molar-refractivity contribution in [3.8, 4) is 0 Å². The van der Waals surface area contributed by atoms with Crippen molar-refractivity contribution in [1.82, 2.24) is 4.90 Å². The van der Waals surface area contributed by atoms with Crippen LogP contribution < -0.4 is 0 Å². The Morgan fingerprint density at radius 2 is 1.94 bits per heavy atom. The summed E-state index contributed by atoms with van der Waals surface area (Å²) in [7, 11) is 2.06. The van der Waals surface area contributed by atoms with E-state index in [-0.39, 0.29) is 6.42 Å². The zero-order valence-electron chi connectivity index (χ0n) is 9.72. The highest BCUT2D eigenvalue weighted by molar-refractivity contribution is 5.66. The molecule has 1 rings (SSSR count). The minimum absolute atomic E-state index is 0.277. The third-order valence-electron chi connectivity index (χ3n) is 2.48. The molecule has 0 heterocycles. The van der Waals surface area contributed by atoms with Crippen LogP contribution in [0.15, 0.2) is 30.3 Å². The number of unbranched alkanes of at least 4 members (excludes halogenated alkanes) is 1. The summed E-state index contributed by atoms with van der Waals surface area (Å²) in [6.07, 6.45) is 1.98. The van der Waals surface area contributed by atoms with Gasteiger partial charge in [0.2, 0.25) is 0 Å². The fourth-order valence-electron chi connectivity index (χ4n) is 1.63. The van der Waals surface area contributed by atoms with Gasteiger partial charge in [0.1, 0.15) is 0 Å². The van der Waals surface area contributed by atoms with Crippen molar-refractivity contribution in [3.05, 3.63) is 35.9 Å². The Bertz CT molecular complexity index is 311. The van der Waals surface area contributed by atoms with E-state index in [1.807, 2.05) is 18.2 Å². The van der Waals surface area contributed by atoms with Gasteiger partial charge in [-0.05, 0) is 32.0 Å². The van der Waals surface area contributed by atoms with Gasteiger partial charge in [0.25, 0.3) is 0 Å². The summed E-state index contributed by atoms with van der Waals surface area (Å²) in [6.45, 7) is 1.87. The van der Waals surface area contributed by atoms with Crippen LogP contribution in [-0.4, -0.2) is 29.6 Å². The van der Waals surface area contributed by atoms with Crippen LogP contribution in [0.25, 0.3) is 0 Å². The molecule has 0 spiro atoms. The summed E-state index contributed by atoms with van der Waals surface area (Å²) in [6, 6.07) is 10.3. The SMILES string of the molecule is CN(CCCCC(=O)O)Cc1ccccc1. The highest BCUT2D eigenvalue weighted by Crippen LogP contribution is 2.04. The van der Waals surface area contributed by atoms with Gasteiger partial charge >= 0.3 is 5.97 Å². The third kappa shape index (κ3) is 5.51. The molecule has 0 bridgehead atoms. The summed E-state index contributed by atoms with van der Waals surface area (Å²) in [5.74, 6) is -0.703. The molecule has 3 nitrogen and oxygen atoms in total. The predicted octanol–water partition coefficient (Wildman–Crippen LogP) is 2.37. The first-order chi connectivity index (χ1) is 7.68. The van der Waals surface area contributed by atoms with Crippen LogP contribution in [-0.2, 0) is 11.3 Å². The standard InChI is InChI=1S/C13H19NO2/c1-14(10-6-5-9-13(15)16)11-12-7-3-2-4-8-12/h2-4,7-8H,5-6,9-11H2,1H3,(H,15,16). The van der Waals surface area contributed by atoms with Crippen LogP contribution in [0.2, 0.25) is 0 Å². The first-order valence-corrected chi connectivity index (χ1v) is 5.63. The Morgan fingerprint density at radius 1 is 1.25 bits per heavy atom. The molecule has 1 aromatic rings. The number of benzene rings is 1. The number of hydrogen-bond donors (Lipinski definition) is 1. The normalized spacial score (nSPS) is 10.6. The first-order valence-electron chi connectivity index (χ1n) is 5.63. The number of aliphatic carboxylic acids is 1. The molecule has 1 N–H and O–H groups in total. The average Bonchev–Trinajstić information content (AvgIpc) is 2.25. The first kappa shape index (κ1) is 12.7. The van der Waals surface area contributed by atoms with Crippen LogP contribution >= 0.6 is 0 Å². The Morgan fingerprint density at radius 3 is 2.56 bits per heavy atom. The second-order valence-corrected chi connectivity index (χ2v) is 4.07. The maximum atomic E-state index is 10.3. The van der Waals surface area contributed by atoms with Gasteiger partial charge in [-0.25, -0.2) is 0 Å². The number of hydrogen-bond acceptors (Lipinski definition) is 2. The Labute approximate surface area is 96.7 Å². The maximum absolute atomic E-state index is 10.3. The molecule has 0 unspecified atom stereocenters. The Balaban J connectivity index is 2.16. The van der Waals surface area contributed by atoms with Crippen LogP contribution in [0.4, 0.5) is 0 Å². The predicted molar refractivity (Wildman–Crippen MR) is 64.3 cm³/mol. The molecule has 3 heteroatoms. The fraction of sp³-hybridized carbons (Fsp3) is 0.462. The van der Waals surface area contributed by atoms with Crippen molar-refractivity contribution in [3.63, 3.8) is 0 Å². The lowest BCUT2D eigenvalue weighted by atomic mass is 10.2. The second kappa shape index (κ2) is 7.01. The molecule has 88 valence electrons. The lowest BCUT2D eigenvalue weighted by Crippen LogP contribution is -2.19. The van der Waals surface area contributed by atoms with Gasteiger partial charge in [-0.1, -0.05) is 30.3 Å². The van der Waals surface area contributed by atoms with Crippen LogP contribution in [0.1, 0.15) is 24.8 Å². The Hall–Kier alpha value is -1.35. The molecule has 0 radical (unpaired) electrons. The zero-order chi connectivity index (χ0) is 11.8. The molecule has 0 aliphatic rings. The molecule has 0 aromatic heterocycles. The molecule has 0 saturated carbocycles. The van der Waals surface area contributed by atoms with E-state index in [9.17, 15) is 4.79 Å².